The fraction of sp³-hybridized carbons (Fsp3) is 0.412. The maximum atomic E-state index is 12.4. The van der Waals surface area contributed by atoms with Crippen molar-refractivity contribution in [3.63, 3.8) is 0 Å². The van der Waals surface area contributed by atoms with Crippen LogP contribution in [0.1, 0.15) is 36.5 Å². The lowest BCUT2D eigenvalue weighted by molar-refractivity contribution is -0.141. The van der Waals surface area contributed by atoms with E-state index >= 15 is 0 Å². The van der Waals surface area contributed by atoms with Gasteiger partial charge in [0.2, 0.25) is 11.8 Å². The molecule has 2 atom stereocenters. The van der Waals surface area contributed by atoms with Crippen LogP contribution in [0.3, 0.4) is 0 Å². The molecule has 0 radical (unpaired) electrons. The van der Waals surface area contributed by atoms with E-state index in [0.717, 1.165) is 4.90 Å². The fourth-order valence-corrected chi connectivity index (χ4v) is 2.75. The van der Waals surface area contributed by atoms with Crippen molar-refractivity contribution in [2.24, 2.45) is 5.92 Å². The molecule has 0 bridgehead atoms. The van der Waals surface area contributed by atoms with Gasteiger partial charge in [-0.05, 0) is 30.7 Å². The summed E-state index contributed by atoms with van der Waals surface area (Å²) in [6.07, 6.45) is 0.391. The molecular formula is C17H19ClN2O5. The van der Waals surface area contributed by atoms with E-state index in [2.05, 4.69) is 5.32 Å². The molecule has 8 heteroatoms. The zero-order valence-corrected chi connectivity index (χ0v) is 14.5. The van der Waals surface area contributed by atoms with Crippen LogP contribution in [-0.2, 0) is 14.4 Å². The number of aliphatic carboxylic acids is 1. The lowest BCUT2D eigenvalue weighted by Crippen LogP contribution is -2.46. The SMILES string of the molecule is CC(CC(CN1C(=O)CCC1=O)NC(=O)c1ccc(Cl)cc1)C(=O)O. The van der Waals surface area contributed by atoms with Gasteiger partial charge >= 0.3 is 5.97 Å². The topological polar surface area (TPSA) is 104 Å². The number of halogens is 1. The van der Waals surface area contributed by atoms with Crippen molar-refractivity contribution >= 4 is 35.3 Å². The summed E-state index contributed by atoms with van der Waals surface area (Å²) in [5, 5.41) is 12.3. The van der Waals surface area contributed by atoms with Crippen molar-refractivity contribution in [1.29, 1.82) is 0 Å². The number of nitrogens with one attached hydrogen (secondary N) is 1. The van der Waals surface area contributed by atoms with Gasteiger partial charge in [0.25, 0.3) is 5.91 Å². The number of carboxylic acids is 1. The van der Waals surface area contributed by atoms with Gasteiger partial charge in [-0.2, -0.15) is 0 Å². The fourth-order valence-electron chi connectivity index (χ4n) is 2.62. The average molecular weight is 367 g/mol. The van der Waals surface area contributed by atoms with E-state index in [0.29, 0.717) is 10.6 Å². The molecule has 3 amide bonds. The summed E-state index contributed by atoms with van der Waals surface area (Å²) >= 11 is 5.79. The Morgan fingerprint density at radius 2 is 1.76 bits per heavy atom. The lowest BCUT2D eigenvalue weighted by Gasteiger charge is -2.25. The molecule has 0 aliphatic carbocycles. The maximum absolute atomic E-state index is 12.4. The minimum Gasteiger partial charge on any atom is -0.481 e. The zero-order valence-electron chi connectivity index (χ0n) is 13.7. The predicted molar refractivity (Wildman–Crippen MR) is 90.1 cm³/mol. The van der Waals surface area contributed by atoms with Gasteiger partial charge in [-0.25, -0.2) is 0 Å². The Hall–Kier alpha value is -2.41. The molecule has 7 nitrogen and oxygen atoms in total. The Balaban J connectivity index is 2.11. The highest BCUT2D eigenvalue weighted by atomic mass is 35.5. The third kappa shape index (κ3) is 5.03. The number of likely N-dealkylation sites (tertiary alicyclic amines) is 1. The summed E-state index contributed by atoms with van der Waals surface area (Å²) in [7, 11) is 0. The third-order valence-electron chi connectivity index (χ3n) is 4.06. The molecule has 1 aliphatic heterocycles. The van der Waals surface area contributed by atoms with E-state index in [1.165, 1.54) is 6.92 Å². The van der Waals surface area contributed by atoms with Crippen molar-refractivity contribution in [3.8, 4) is 0 Å². The van der Waals surface area contributed by atoms with E-state index in [1.54, 1.807) is 24.3 Å². The van der Waals surface area contributed by atoms with E-state index in [1.807, 2.05) is 0 Å². The van der Waals surface area contributed by atoms with E-state index in [-0.39, 0.29) is 37.6 Å². The van der Waals surface area contributed by atoms with E-state index in [4.69, 9.17) is 16.7 Å². The summed E-state index contributed by atoms with van der Waals surface area (Å²) in [5.41, 5.74) is 0.358. The molecule has 25 heavy (non-hydrogen) atoms. The molecule has 134 valence electrons. The molecule has 2 rings (SSSR count). The summed E-state index contributed by atoms with van der Waals surface area (Å²) in [6, 6.07) is 5.57. The van der Waals surface area contributed by atoms with Crippen LogP contribution >= 0.6 is 11.6 Å². The molecule has 0 saturated carbocycles. The number of benzene rings is 1. The van der Waals surface area contributed by atoms with Crippen molar-refractivity contribution in [2.75, 3.05) is 6.54 Å². The number of carbonyl (C=O) groups is 4. The summed E-state index contributed by atoms with van der Waals surface area (Å²) in [6.45, 7) is 1.48. The van der Waals surface area contributed by atoms with Crippen LogP contribution < -0.4 is 5.32 Å². The Morgan fingerprint density at radius 3 is 2.28 bits per heavy atom. The third-order valence-corrected chi connectivity index (χ3v) is 4.31. The first-order valence-corrected chi connectivity index (χ1v) is 8.28. The molecule has 0 aromatic heterocycles. The van der Waals surface area contributed by atoms with Crippen LogP contribution in [0.15, 0.2) is 24.3 Å². The first-order valence-electron chi connectivity index (χ1n) is 7.90. The van der Waals surface area contributed by atoms with E-state index in [9.17, 15) is 19.2 Å². The molecule has 2 N–H and O–H groups in total. The normalized spacial score (nSPS) is 16.6. The molecular weight excluding hydrogens is 348 g/mol. The van der Waals surface area contributed by atoms with Gasteiger partial charge in [-0.1, -0.05) is 18.5 Å². The Labute approximate surface area is 149 Å². The van der Waals surface area contributed by atoms with Gasteiger partial charge < -0.3 is 10.4 Å². The summed E-state index contributed by atoms with van der Waals surface area (Å²) in [5.74, 6) is -2.77. The first-order chi connectivity index (χ1) is 11.8. The van der Waals surface area contributed by atoms with E-state index < -0.39 is 23.8 Å². The second-order valence-corrected chi connectivity index (χ2v) is 6.49. The van der Waals surface area contributed by atoms with Crippen molar-refractivity contribution in [1.82, 2.24) is 10.2 Å². The molecule has 1 heterocycles. The van der Waals surface area contributed by atoms with Crippen molar-refractivity contribution < 1.29 is 24.3 Å². The molecule has 1 fully saturated rings. The van der Waals surface area contributed by atoms with Crippen LogP contribution in [0, 0.1) is 5.92 Å². The monoisotopic (exact) mass is 366 g/mol. The lowest BCUT2D eigenvalue weighted by atomic mass is 10.0. The standard InChI is InChI=1S/C17H19ClN2O5/c1-10(17(24)25)8-13(9-20-14(21)6-7-15(20)22)19-16(23)11-2-4-12(18)5-3-11/h2-5,10,13H,6-9H2,1H3,(H,19,23)(H,24,25). The highest BCUT2D eigenvalue weighted by molar-refractivity contribution is 6.30. The number of nitrogens with zero attached hydrogens (tertiary/aromatic N) is 1. The Bertz CT molecular complexity index is 673. The molecule has 2 unspecified atom stereocenters. The molecule has 1 saturated heterocycles. The molecule has 1 aliphatic rings. The van der Waals surface area contributed by atoms with Gasteiger partial charge in [-0.3, -0.25) is 24.1 Å². The zero-order chi connectivity index (χ0) is 18.6. The van der Waals surface area contributed by atoms with Crippen LogP contribution in [0.2, 0.25) is 5.02 Å². The van der Waals surface area contributed by atoms with Crippen molar-refractivity contribution in [2.45, 2.75) is 32.2 Å². The number of carbonyl (C=O) groups excluding carboxylic acids is 3. The minimum absolute atomic E-state index is 0.0331. The van der Waals surface area contributed by atoms with Crippen LogP contribution in [-0.4, -0.2) is 46.3 Å². The first kappa shape index (κ1) is 18.9. The summed E-state index contributed by atoms with van der Waals surface area (Å²) in [4.78, 5) is 48.2. The largest absolute Gasteiger partial charge is 0.481 e. The minimum atomic E-state index is -1.01. The van der Waals surface area contributed by atoms with Gasteiger partial charge in [0.1, 0.15) is 0 Å². The highest BCUT2D eigenvalue weighted by Gasteiger charge is 2.32. The molecule has 1 aromatic rings. The smallest absolute Gasteiger partial charge is 0.306 e. The number of hydrogen-bond acceptors (Lipinski definition) is 4. The Kier molecular flexibility index (Phi) is 6.14. The van der Waals surface area contributed by atoms with Gasteiger partial charge in [0, 0.05) is 36.0 Å². The molecule has 0 spiro atoms. The van der Waals surface area contributed by atoms with Crippen LogP contribution in [0.25, 0.3) is 0 Å². The number of amides is 3. The van der Waals surface area contributed by atoms with Gasteiger partial charge in [0.15, 0.2) is 0 Å². The predicted octanol–water partition coefficient (Wildman–Crippen LogP) is 1.70. The number of carboxylic acid groups (broad SMARTS) is 1. The average Bonchev–Trinajstić information content (AvgIpc) is 2.87. The van der Waals surface area contributed by atoms with Crippen LogP contribution in [0.5, 0.6) is 0 Å². The second kappa shape index (κ2) is 8.11. The second-order valence-electron chi connectivity index (χ2n) is 6.05. The van der Waals surface area contributed by atoms with Crippen molar-refractivity contribution in [3.05, 3.63) is 34.9 Å². The maximum Gasteiger partial charge on any atom is 0.306 e. The quantitative estimate of drug-likeness (QED) is 0.715. The molecule has 1 aromatic carbocycles. The van der Waals surface area contributed by atoms with Gasteiger partial charge in [0.05, 0.1) is 5.92 Å². The van der Waals surface area contributed by atoms with Gasteiger partial charge in [-0.15, -0.1) is 0 Å². The summed E-state index contributed by atoms with van der Waals surface area (Å²) < 4.78 is 0. The number of hydrogen-bond donors (Lipinski definition) is 2. The Morgan fingerprint density at radius 1 is 1.20 bits per heavy atom. The number of rotatable bonds is 7. The highest BCUT2D eigenvalue weighted by Crippen LogP contribution is 2.16. The van der Waals surface area contributed by atoms with Crippen LogP contribution in [0.4, 0.5) is 0 Å². The number of imide groups is 1.